The van der Waals surface area contributed by atoms with Crippen LogP contribution >= 0.6 is 0 Å². The van der Waals surface area contributed by atoms with Gasteiger partial charge in [0.15, 0.2) is 5.60 Å². The van der Waals surface area contributed by atoms with E-state index in [0.29, 0.717) is 23.6 Å². The summed E-state index contributed by atoms with van der Waals surface area (Å²) < 4.78 is 0. The van der Waals surface area contributed by atoms with Crippen molar-refractivity contribution in [1.29, 1.82) is 0 Å². The third-order valence-corrected chi connectivity index (χ3v) is 6.76. The van der Waals surface area contributed by atoms with E-state index in [1.165, 1.54) is 5.56 Å². The van der Waals surface area contributed by atoms with E-state index in [1.807, 2.05) is 55.5 Å². The van der Waals surface area contributed by atoms with Crippen LogP contribution in [0.1, 0.15) is 53.3 Å². The van der Waals surface area contributed by atoms with E-state index in [4.69, 9.17) is 0 Å². The van der Waals surface area contributed by atoms with Crippen molar-refractivity contribution >= 4 is 22.5 Å². The van der Waals surface area contributed by atoms with Crippen LogP contribution in [0.2, 0.25) is 0 Å². The summed E-state index contributed by atoms with van der Waals surface area (Å²) in [5.74, 6) is 0.0996. The maximum Gasteiger partial charge on any atom is 0.268 e. The summed E-state index contributed by atoms with van der Waals surface area (Å²) in [6.07, 6.45) is 0. The third-order valence-electron chi connectivity index (χ3n) is 6.76. The Balaban J connectivity index is 1.67. The molecule has 0 saturated carbocycles. The second-order valence-corrected chi connectivity index (χ2v) is 9.13. The maximum atomic E-state index is 14.0. The Morgan fingerprint density at radius 1 is 1.00 bits per heavy atom. The minimum absolute atomic E-state index is 0.305. The van der Waals surface area contributed by atoms with Crippen molar-refractivity contribution in [3.8, 4) is 0 Å². The molecule has 0 spiro atoms. The van der Waals surface area contributed by atoms with E-state index in [9.17, 15) is 9.90 Å². The van der Waals surface area contributed by atoms with Gasteiger partial charge in [0.2, 0.25) is 0 Å². The molecule has 4 aromatic rings. The van der Waals surface area contributed by atoms with Gasteiger partial charge < -0.3 is 15.0 Å². The highest BCUT2D eigenvalue weighted by Crippen LogP contribution is 2.48. The number of hydrogen-bond acceptors (Lipinski definition) is 2. The van der Waals surface area contributed by atoms with Crippen molar-refractivity contribution in [3.05, 3.63) is 100 Å². The summed E-state index contributed by atoms with van der Waals surface area (Å²) in [6.45, 7) is 8.75. The van der Waals surface area contributed by atoms with Crippen LogP contribution in [0.15, 0.2) is 66.7 Å². The largest absolute Gasteiger partial charge is 0.372 e. The zero-order valence-corrected chi connectivity index (χ0v) is 18.9. The first-order chi connectivity index (χ1) is 15.3. The number of carbonyl (C=O) groups is 1. The van der Waals surface area contributed by atoms with Crippen LogP contribution in [0.4, 0.5) is 5.69 Å². The molecule has 1 unspecified atom stereocenters. The number of nitrogens with zero attached hydrogens (tertiary/aromatic N) is 1. The van der Waals surface area contributed by atoms with Crippen molar-refractivity contribution in [1.82, 2.24) is 4.98 Å². The first kappa shape index (κ1) is 20.5. The summed E-state index contributed by atoms with van der Waals surface area (Å²) in [7, 11) is 0. The highest BCUT2D eigenvalue weighted by Gasteiger charge is 2.52. The molecule has 0 radical (unpaired) electrons. The van der Waals surface area contributed by atoms with Gasteiger partial charge in [0.1, 0.15) is 0 Å². The van der Waals surface area contributed by atoms with E-state index < -0.39 is 5.60 Å². The number of hydrogen-bond donors (Lipinski definition) is 2. The Labute approximate surface area is 188 Å². The Kier molecular flexibility index (Phi) is 4.72. The molecular formula is C28H28N2O2. The molecule has 1 aromatic heterocycles. The number of anilines is 1. The van der Waals surface area contributed by atoms with Gasteiger partial charge in [0.05, 0.1) is 12.2 Å². The lowest BCUT2D eigenvalue weighted by atomic mass is 9.85. The fourth-order valence-corrected chi connectivity index (χ4v) is 4.97. The molecule has 1 aliphatic heterocycles. The number of benzene rings is 3. The molecule has 3 aromatic carbocycles. The van der Waals surface area contributed by atoms with Crippen LogP contribution in [0, 0.1) is 13.8 Å². The molecule has 32 heavy (non-hydrogen) atoms. The smallest absolute Gasteiger partial charge is 0.268 e. The zero-order valence-electron chi connectivity index (χ0n) is 18.9. The summed E-state index contributed by atoms with van der Waals surface area (Å²) in [6, 6.07) is 21.9. The highest BCUT2D eigenvalue weighted by molar-refractivity contribution is 6.11. The second-order valence-electron chi connectivity index (χ2n) is 9.13. The topological polar surface area (TPSA) is 56.3 Å². The summed E-state index contributed by atoms with van der Waals surface area (Å²) in [5, 5.41) is 13.0. The van der Waals surface area contributed by atoms with Crippen LogP contribution in [0.3, 0.4) is 0 Å². The fourth-order valence-electron chi connectivity index (χ4n) is 4.97. The molecule has 0 bridgehead atoms. The Morgan fingerprint density at radius 2 is 1.72 bits per heavy atom. The summed E-state index contributed by atoms with van der Waals surface area (Å²) in [4.78, 5) is 19.1. The van der Waals surface area contributed by atoms with Gasteiger partial charge in [0, 0.05) is 27.7 Å². The molecule has 4 heteroatoms. The van der Waals surface area contributed by atoms with Gasteiger partial charge in [-0.3, -0.25) is 4.79 Å². The van der Waals surface area contributed by atoms with Crippen LogP contribution < -0.4 is 4.90 Å². The predicted molar refractivity (Wildman–Crippen MR) is 129 cm³/mol. The Hall–Kier alpha value is -3.37. The lowest BCUT2D eigenvalue weighted by Crippen LogP contribution is -2.41. The van der Waals surface area contributed by atoms with Gasteiger partial charge in [-0.15, -0.1) is 0 Å². The third kappa shape index (κ3) is 2.90. The normalized spacial score (nSPS) is 18.1. The first-order valence-electron chi connectivity index (χ1n) is 11.1. The van der Waals surface area contributed by atoms with Crippen LogP contribution in [-0.2, 0) is 16.9 Å². The molecule has 0 aliphatic carbocycles. The molecule has 1 atom stereocenters. The number of aromatic amines is 1. The minimum atomic E-state index is -1.73. The maximum absolute atomic E-state index is 14.0. The van der Waals surface area contributed by atoms with E-state index in [1.54, 1.807) is 4.90 Å². The SMILES string of the molecule is Cc1ccc(C(C)C)cc1CN1C(=O)C(O)(c2c(C)[nH]c3ccccc23)c2ccccc21. The van der Waals surface area contributed by atoms with Gasteiger partial charge in [-0.1, -0.05) is 68.4 Å². The summed E-state index contributed by atoms with van der Waals surface area (Å²) >= 11 is 0. The lowest BCUT2D eigenvalue weighted by molar-refractivity contribution is -0.132. The summed E-state index contributed by atoms with van der Waals surface area (Å²) in [5.41, 5.74) is 5.50. The quantitative estimate of drug-likeness (QED) is 0.442. The molecule has 5 rings (SSSR count). The van der Waals surface area contributed by atoms with Gasteiger partial charge in [-0.2, -0.15) is 0 Å². The molecule has 2 heterocycles. The van der Waals surface area contributed by atoms with Crippen molar-refractivity contribution in [3.63, 3.8) is 0 Å². The molecular weight excluding hydrogens is 396 g/mol. The van der Waals surface area contributed by atoms with E-state index in [2.05, 4.69) is 44.0 Å². The predicted octanol–water partition coefficient (Wildman–Crippen LogP) is 5.69. The molecule has 162 valence electrons. The average molecular weight is 425 g/mol. The molecule has 2 N–H and O–H groups in total. The number of H-pyrrole nitrogens is 1. The van der Waals surface area contributed by atoms with E-state index in [0.717, 1.165) is 33.4 Å². The number of rotatable bonds is 4. The standard InChI is InChI=1S/C28H28N2O2/c1-17(2)20-14-13-18(3)21(15-20)16-30-25-12-8-6-10-23(25)28(32,27(30)31)26-19(4)29-24-11-7-5-9-22(24)26/h5-15,17,29,32H,16H2,1-4H3. The van der Waals surface area contributed by atoms with Crippen molar-refractivity contribution in [2.45, 2.75) is 45.8 Å². The van der Waals surface area contributed by atoms with Crippen molar-refractivity contribution in [2.75, 3.05) is 4.90 Å². The number of aryl methyl sites for hydroxylation is 2. The second kappa shape index (κ2) is 7.35. The molecule has 1 aliphatic rings. The van der Waals surface area contributed by atoms with Crippen molar-refractivity contribution in [2.24, 2.45) is 0 Å². The van der Waals surface area contributed by atoms with Crippen LogP contribution in [0.25, 0.3) is 10.9 Å². The molecule has 1 amide bonds. The number of para-hydroxylation sites is 2. The number of fused-ring (bicyclic) bond motifs is 2. The number of aromatic nitrogens is 1. The number of aliphatic hydroxyl groups is 1. The Bertz CT molecular complexity index is 1350. The van der Waals surface area contributed by atoms with E-state index >= 15 is 0 Å². The molecule has 0 saturated heterocycles. The number of amides is 1. The minimum Gasteiger partial charge on any atom is -0.372 e. The van der Waals surface area contributed by atoms with Gasteiger partial charge >= 0.3 is 0 Å². The average Bonchev–Trinajstić information content (AvgIpc) is 3.22. The first-order valence-corrected chi connectivity index (χ1v) is 11.1. The zero-order chi connectivity index (χ0) is 22.6. The lowest BCUT2D eigenvalue weighted by Gasteiger charge is -2.25. The monoisotopic (exact) mass is 424 g/mol. The highest BCUT2D eigenvalue weighted by atomic mass is 16.3. The number of carbonyl (C=O) groups excluding carboxylic acids is 1. The van der Waals surface area contributed by atoms with Gasteiger partial charge in [0.25, 0.3) is 5.91 Å². The molecule has 4 nitrogen and oxygen atoms in total. The van der Waals surface area contributed by atoms with Crippen LogP contribution in [-0.4, -0.2) is 16.0 Å². The fraction of sp³-hybridized carbons (Fsp3) is 0.250. The van der Waals surface area contributed by atoms with E-state index in [-0.39, 0.29) is 5.91 Å². The van der Waals surface area contributed by atoms with Gasteiger partial charge in [-0.05, 0) is 48.6 Å². The Morgan fingerprint density at radius 3 is 2.50 bits per heavy atom. The van der Waals surface area contributed by atoms with Crippen LogP contribution in [0.5, 0.6) is 0 Å². The van der Waals surface area contributed by atoms with Crippen molar-refractivity contribution < 1.29 is 9.90 Å². The van der Waals surface area contributed by atoms with Gasteiger partial charge in [-0.25, -0.2) is 0 Å². The molecule has 0 fully saturated rings. The number of nitrogens with one attached hydrogen (secondary N) is 1.